The second kappa shape index (κ2) is 90.2. The zero-order chi connectivity index (χ0) is 74.1. The van der Waals surface area contributed by atoms with Crippen LogP contribution < -0.4 is 10.6 Å². The summed E-state index contributed by atoms with van der Waals surface area (Å²) in [6.07, 6.45) is 26.9. The number of carbonyl (C=O) groups excluding carboxylic acids is 2. The van der Waals surface area contributed by atoms with Crippen LogP contribution in [-0.2, 0) is 118 Å². The SMILES string of the molecule is CCCCCCCC/C=C\CCCCCCCCCCCC(=O)NCCOCCOCCOCCOCCOCCOCCOCCOCCOCCOCCOCCOCCOCCOCCOCCOCCOCCOCCOCCOCCOCCOCCOCCNC(=O)OC(C)(C)C. The number of amides is 2. The molecule has 0 rings (SSSR count). The van der Waals surface area contributed by atoms with E-state index in [-0.39, 0.29) is 5.91 Å². The Morgan fingerprint density at radius 2 is 0.408 bits per heavy atom. The highest BCUT2D eigenvalue weighted by Gasteiger charge is 2.15. The maximum Gasteiger partial charge on any atom is 0.407 e. The summed E-state index contributed by atoms with van der Waals surface area (Å²) in [6.45, 7) is 30.5. The predicted molar refractivity (Wildman–Crippen MR) is 394 cm³/mol. The number of hydrogen-bond donors (Lipinski definition) is 2. The number of carbonyl (C=O) groups is 2. The fourth-order valence-corrected chi connectivity index (χ4v) is 8.89. The van der Waals surface area contributed by atoms with Gasteiger partial charge < -0.3 is 124 Å². The van der Waals surface area contributed by atoms with E-state index in [1.807, 2.05) is 20.8 Å². The molecule has 0 radical (unpaired) electrons. The van der Waals surface area contributed by atoms with Gasteiger partial charge in [-0.1, -0.05) is 96.1 Å². The van der Waals surface area contributed by atoms with Gasteiger partial charge in [-0.3, -0.25) is 4.79 Å². The molecule has 0 heterocycles. The number of hydrogen-bond acceptors (Lipinski definition) is 26. The lowest BCUT2D eigenvalue weighted by atomic mass is 10.1. The second-order valence-corrected chi connectivity index (χ2v) is 24.6. The molecule has 0 saturated heterocycles. The summed E-state index contributed by atoms with van der Waals surface area (Å²) >= 11 is 0. The van der Waals surface area contributed by atoms with Gasteiger partial charge in [-0.05, 0) is 52.9 Å². The summed E-state index contributed by atoms with van der Waals surface area (Å²) in [5, 5.41) is 5.59. The molecule has 0 saturated carbocycles. The average Bonchev–Trinajstić information content (AvgIpc) is 2.13. The fourth-order valence-electron chi connectivity index (χ4n) is 8.89. The topological polar surface area (TPSA) is 280 Å². The first kappa shape index (κ1) is 101. The minimum absolute atomic E-state index is 0.109. The minimum Gasteiger partial charge on any atom is -0.444 e. The third kappa shape index (κ3) is 95.6. The Balaban J connectivity index is 3.14. The van der Waals surface area contributed by atoms with Gasteiger partial charge in [0.15, 0.2) is 0 Å². The number of rotatable bonds is 91. The van der Waals surface area contributed by atoms with E-state index < -0.39 is 11.7 Å². The third-order valence-corrected chi connectivity index (χ3v) is 14.3. The lowest BCUT2D eigenvalue weighted by Crippen LogP contribution is -2.34. The van der Waals surface area contributed by atoms with E-state index in [2.05, 4.69) is 29.7 Å². The molecule has 0 atom stereocenters. The minimum atomic E-state index is -0.522. The van der Waals surface area contributed by atoms with Crippen LogP contribution >= 0.6 is 0 Å². The van der Waals surface area contributed by atoms with Gasteiger partial charge in [-0.15, -0.1) is 0 Å². The van der Waals surface area contributed by atoms with Crippen molar-refractivity contribution in [2.24, 2.45) is 0 Å². The van der Waals surface area contributed by atoms with Crippen molar-refractivity contribution in [2.75, 3.05) is 317 Å². The van der Waals surface area contributed by atoms with E-state index in [0.29, 0.717) is 323 Å². The third-order valence-electron chi connectivity index (χ3n) is 14.3. The fraction of sp³-hybridized carbons (Fsp3) is 0.947. The van der Waals surface area contributed by atoms with Crippen LogP contribution in [0.15, 0.2) is 12.2 Å². The molecule has 614 valence electrons. The van der Waals surface area contributed by atoms with Gasteiger partial charge in [-0.2, -0.15) is 0 Å². The van der Waals surface area contributed by atoms with Crippen molar-refractivity contribution in [1.82, 2.24) is 10.6 Å². The van der Waals surface area contributed by atoms with Gasteiger partial charge in [0.05, 0.1) is 304 Å². The molecule has 0 aromatic rings. The molecular weight excluding hydrogens is 1340 g/mol. The largest absolute Gasteiger partial charge is 0.444 e. The highest BCUT2D eigenvalue weighted by molar-refractivity contribution is 5.75. The molecule has 0 bridgehead atoms. The van der Waals surface area contributed by atoms with Gasteiger partial charge in [0.25, 0.3) is 0 Å². The molecule has 28 nitrogen and oxygen atoms in total. The van der Waals surface area contributed by atoms with Crippen LogP contribution in [0.1, 0.15) is 143 Å². The maximum atomic E-state index is 12.1. The summed E-state index contributed by atoms with van der Waals surface area (Å²) in [7, 11) is 0. The number of alkyl carbamates (subject to hydrolysis) is 1. The predicted octanol–water partition coefficient (Wildman–Crippen LogP) is 8.61. The highest BCUT2D eigenvalue weighted by Crippen LogP contribution is 2.13. The molecule has 28 heteroatoms. The van der Waals surface area contributed by atoms with E-state index in [4.69, 9.17) is 114 Å². The summed E-state index contributed by atoms with van der Waals surface area (Å²) < 4.78 is 132. The summed E-state index contributed by atoms with van der Waals surface area (Å²) in [5.74, 6) is 0.109. The van der Waals surface area contributed by atoms with Gasteiger partial charge in [0.2, 0.25) is 5.91 Å². The molecule has 0 fully saturated rings. The Morgan fingerprint density at radius 3 is 0.612 bits per heavy atom. The first-order valence-corrected chi connectivity index (χ1v) is 39.0. The Hall–Kier alpha value is -2.44. The van der Waals surface area contributed by atoms with Crippen molar-refractivity contribution in [1.29, 1.82) is 0 Å². The van der Waals surface area contributed by atoms with Gasteiger partial charge in [-0.25, -0.2) is 4.79 Å². The van der Waals surface area contributed by atoms with Gasteiger partial charge in [0, 0.05) is 19.5 Å². The van der Waals surface area contributed by atoms with Crippen LogP contribution in [0.3, 0.4) is 0 Å². The van der Waals surface area contributed by atoms with E-state index >= 15 is 0 Å². The van der Waals surface area contributed by atoms with E-state index in [0.717, 1.165) is 12.8 Å². The molecule has 0 spiro atoms. The number of ether oxygens (including phenoxy) is 24. The lowest BCUT2D eigenvalue weighted by molar-refractivity contribution is -0.121. The molecule has 0 unspecified atom stereocenters. The smallest absolute Gasteiger partial charge is 0.407 e. The Bertz CT molecular complexity index is 1650. The first-order valence-electron chi connectivity index (χ1n) is 39.0. The van der Waals surface area contributed by atoms with Crippen LogP contribution in [0.25, 0.3) is 0 Å². The van der Waals surface area contributed by atoms with Crippen molar-refractivity contribution in [2.45, 2.75) is 149 Å². The van der Waals surface area contributed by atoms with Crippen LogP contribution in [0.4, 0.5) is 4.79 Å². The average molecular weight is 1490 g/mol. The lowest BCUT2D eigenvalue weighted by Gasteiger charge is -2.19. The van der Waals surface area contributed by atoms with E-state index in [1.165, 1.54) is 96.3 Å². The summed E-state index contributed by atoms with van der Waals surface area (Å²) in [5.41, 5.74) is -0.522. The van der Waals surface area contributed by atoms with Crippen molar-refractivity contribution in [3.8, 4) is 0 Å². The van der Waals surface area contributed by atoms with Crippen LogP contribution in [0.5, 0.6) is 0 Å². The van der Waals surface area contributed by atoms with Crippen molar-refractivity contribution < 1.29 is 123 Å². The molecular formula is C75H148N2O26. The molecule has 2 amide bonds. The molecule has 2 N–H and O–H groups in total. The van der Waals surface area contributed by atoms with Crippen molar-refractivity contribution >= 4 is 12.0 Å². The molecule has 0 aliphatic heterocycles. The Kier molecular flexibility index (Phi) is 88.0. The van der Waals surface area contributed by atoms with Crippen LogP contribution in [0, 0.1) is 0 Å². The molecule has 0 aliphatic rings. The number of allylic oxidation sites excluding steroid dienone is 2. The first-order chi connectivity index (χ1) is 50.8. The Morgan fingerprint density at radius 1 is 0.233 bits per heavy atom. The Labute approximate surface area is 621 Å². The molecule has 0 aromatic carbocycles. The van der Waals surface area contributed by atoms with Gasteiger partial charge >= 0.3 is 6.09 Å². The summed E-state index contributed by atoms with van der Waals surface area (Å²) in [6, 6.07) is 0. The maximum absolute atomic E-state index is 12.1. The van der Waals surface area contributed by atoms with Crippen LogP contribution in [0.2, 0.25) is 0 Å². The molecule has 0 aliphatic carbocycles. The number of nitrogens with one attached hydrogen (secondary N) is 2. The van der Waals surface area contributed by atoms with Crippen molar-refractivity contribution in [3.63, 3.8) is 0 Å². The standard InChI is InChI=1S/C75H148N2O26/c1-5-6-7-8-9-10-11-12-13-14-15-16-17-18-19-20-21-22-23-24-73(78)76-25-27-80-29-31-82-33-35-84-37-39-86-41-43-88-45-47-90-49-51-92-53-55-94-57-59-96-61-63-98-65-67-100-69-71-102-72-70-101-68-66-99-64-62-97-60-58-95-56-54-93-52-50-91-48-46-89-44-42-87-40-38-85-36-34-83-32-30-81-28-26-77-74(79)103-75(2,3)4/h12-13H,5-11,14-72H2,1-4H3,(H,76,78)(H,77,79)/b13-12-. The second-order valence-electron chi connectivity index (χ2n) is 24.6. The monoisotopic (exact) mass is 1490 g/mol. The van der Waals surface area contributed by atoms with Crippen LogP contribution in [-0.4, -0.2) is 335 Å². The molecule has 0 aromatic heterocycles. The quantitative estimate of drug-likeness (QED) is 0.0426. The summed E-state index contributed by atoms with van der Waals surface area (Å²) in [4.78, 5) is 23.7. The zero-order valence-electron chi connectivity index (χ0n) is 64.9. The normalized spacial score (nSPS) is 11.9. The highest BCUT2D eigenvalue weighted by atomic mass is 16.6. The van der Waals surface area contributed by atoms with E-state index in [1.54, 1.807) is 0 Å². The van der Waals surface area contributed by atoms with Crippen molar-refractivity contribution in [3.05, 3.63) is 12.2 Å². The zero-order valence-corrected chi connectivity index (χ0v) is 64.9. The van der Waals surface area contributed by atoms with E-state index in [9.17, 15) is 9.59 Å². The van der Waals surface area contributed by atoms with Gasteiger partial charge in [0.1, 0.15) is 5.60 Å². The molecule has 103 heavy (non-hydrogen) atoms. The number of unbranched alkanes of at least 4 members (excludes halogenated alkanes) is 15.